The predicted molar refractivity (Wildman–Crippen MR) is 116 cm³/mol. The van der Waals surface area contributed by atoms with Gasteiger partial charge in [0.2, 0.25) is 5.95 Å². The summed E-state index contributed by atoms with van der Waals surface area (Å²) in [6, 6.07) is 18.0. The minimum Gasteiger partial charge on any atom is -0.350 e. The fraction of sp³-hybridized carbons (Fsp3) is 0.167. The van der Waals surface area contributed by atoms with Crippen LogP contribution in [0, 0.1) is 13.8 Å². The first-order chi connectivity index (χ1) is 14.0. The highest BCUT2D eigenvalue weighted by molar-refractivity contribution is 6.03. The quantitative estimate of drug-likeness (QED) is 0.537. The van der Waals surface area contributed by atoms with Gasteiger partial charge in [0.1, 0.15) is 0 Å². The SMILES string of the molecule is Cc1ccc(-c2cnc(NC(=O)c3cccc(Cn4cccc4)c3)n2C)cc1C. The normalized spacial score (nSPS) is 10.9. The molecule has 0 radical (unpaired) electrons. The monoisotopic (exact) mass is 384 g/mol. The first-order valence-corrected chi connectivity index (χ1v) is 9.61. The van der Waals surface area contributed by atoms with E-state index in [2.05, 4.69) is 46.9 Å². The lowest BCUT2D eigenvalue weighted by Crippen LogP contribution is -2.15. The molecule has 1 amide bonds. The molecule has 29 heavy (non-hydrogen) atoms. The second kappa shape index (κ2) is 7.80. The van der Waals surface area contributed by atoms with Gasteiger partial charge in [-0.25, -0.2) is 4.98 Å². The van der Waals surface area contributed by atoms with Crippen molar-refractivity contribution in [1.29, 1.82) is 0 Å². The fourth-order valence-corrected chi connectivity index (χ4v) is 3.37. The molecule has 0 bridgehead atoms. The van der Waals surface area contributed by atoms with Crippen LogP contribution in [0.1, 0.15) is 27.0 Å². The zero-order valence-electron chi connectivity index (χ0n) is 16.9. The lowest BCUT2D eigenvalue weighted by molar-refractivity contribution is 0.102. The van der Waals surface area contributed by atoms with Crippen LogP contribution in [0.25, 0.3) is 11.3 Å². The number of hydrogen-bond acceptors (Lipinski definition) is 2. The largest absolute Gasteiger partial charge is 0.350 e. The van der Waals surface area contributed by atoms with Gasteiger partial charge in [0, 0.05) is 37.1 Å². The molecule has 146 valence electrons. The number of imidazole rings is 1. The van der Waals surface area contributed by atoms with Crippen molar-refractivity contribution in [2.45, 2.75) is 20.4 Å². The summed E-state index contributed by atoms with van der Waals surface area (Å²) in [5.41, 5.74) is 6.22. The van der Waals surface area contributed by atoms with Crippen molar-refractivity contribution in [3.05, 3.63) is 95.4 Å². The highest BCUT2D eigenvalue weighted by Crippen LogP contribution is 2.24. The van der Waals surface area contributed by atoms with Gasteiger partial charge in [0.25, 0.3) is 5.91 Å². The molecule has 0 unspecified atom stereocenters. The highest BCUT2D eigenvalue weighted by Gasteiger charge is 2.13. The van der Waals surface area contributed by atoms with Crippen LogP contribution in [0.2, 0.25) is 0 Å². The first-order valence-electron chi connectivity index (χ1n) is 9.61. The summed E-state index contributed by atoms with van der Waals surface area (Å²) in [7, 11) is 1.91. The number of nitrogens with zero attached hydrogens (tertiary/aromatic N) is 3. The lowest BCUT2D eigenvalue weighted by Gasteiger charge is -2.10. The Morgan fingerprint density at radius 2 is 1.79 bits per heavy atom. The maximum Gasteiger partial charge on any atom is 0.257 e. The Kier molecular flexibility index (Phi) is 5.04. The lowest BCUT2D eigenvalue weighted by atomic mass is 10.0. The minimum atomic E-state index is -0.167. The van der Waals surface area contributed by atoms with E-state index in [1.165, 1.54) is 11.1 Å². The van der Waals surface area contributed by atoms with Gasteiger partial charge in [-0.15, -0.1) is 0 Å². The van der Waals surface area contributed by atoms with Crippen molar-refractivity contribution in [2.75, 3.05) is 5.32 Å². The number of carbonyl (C=O) groups is 1. The van der Waals surface area contributed by atoms with Gasteiger partial charge in [-0.05, 0) is 60.9 Å². The molecule has 2 aromatic heterocycles. The standard InChI is InChI=1S/C24H24N4O/c1-17-9-10-20(13-18(17)2)22-15-25-24(27(22)3)26-23(29)21-8-6-7-19(14-21)16-28-11-4-5-12-28/h4-15H,16H2,1-3H3,(H,25,26,29). The summed E-state index contributed by atoms with van der Waals surface area (Å²) in [4.78, 5) is 17.2. The van der Waals surface area contributed by atoms with Crippen molar-refractivity contribution < 1.29 is 4.79 Å². The molecular formula is C24H24N4O. The smallest absolute Gasteiger partial charge is 0.257 e. The minimum absolute atomic E-state index is 0.167. The molecule has 2 heterocycles. The molecule has 0 aliphatic rings. The van der Waals surface area contributed by atoms with Crippen LogP contribution in [-0.2, 0) is 13.6 Å². The van der Waals surface area contributed by atoms with Crippen LogP contribution in [0.4, 0.5) is 5.95 Å². The molecule has 0 atom stereocenters. The van der Waals surface area contributed by atoms with Crippen LogP contribution >= 0.6 is 0 Å². The first kappa shape index (κ1) is 18.7. The van der Waals surface area contributed by atoms with Crippen molar-refractivity contribution in [1.82, 2.24) is 14.1 Å². The van der Waals surface area contributed by atoms with E-state index in [0.717, 1.165) is 23.4 Å². The molecule has 5 nitrogen and oxygen atoms in total. The summed E-state index contributed by atoms with van der Waals surface area (Å²) in [6.07, 6.45) is 5.81. The van der Waals surface area contributed by atoms with Crippen LogP contribution in [0.5, 0.6) is 0 Å². The third-order valence-electron chi connectivity index (χ3n) is 5.24. The summed E-state index contributed by atoms with van der Waals surface area (Å²) >= 11 is 0. The van der Waals surface area contributed by atoms with E-state index in [-0.39, 0.29) is 5.91 Å². The molecule has 5 heteroatoms. The average Bonchev–Trinajstić information content (AvgIpc) is 3.35. The Morgan fingerprint density at radius 1 is 1.00 bits per heavy atom. The van der Waals surface area contributed by atoms with Gasteiger partial charge in [-0.2, -0.15) is 0 Å². The van der Waals surface area contributed by atoms with Gasteiger partial charge in [-0.1, -0.05) is 24.3 Å². The molecule has 4 rings (SSSR count). The van der Waals surface area contributed by atoms with E-state index >= 15 is 0 Å². The molecule has 0 spiro atoms. The van der Waals surface area contributed by atoms with Gasteiger partial charge in [-0.3, -0.25) is 10.1 Å². The number of benzene rings is 2. The summed E-state index contributed by atoms with van der Waals surface area (Å²) < 4.78 is 3.98. The number of anilines is 1. The molecule has 1 N–H and O–H groups in total. The van der Waals surface area contributed by atoms with Crippen molar-refractivity contribution in [3.63, 3.8) is 0 Å². The number of aryl methyl sites for hydroxylation is 2. The van der Waals surface area contributed by atoms with Crippen LogP contribution in [0.3, 0.4) is 0 Å². The molecule has 0 saturated heterocycles. The van der Waals surface area contributed by atoms with E-state index in [0.29, 0.717) is 11.5 Å². The molecular weight excluding hydrogens is 360 g/mol. The fourth-order valence-electron chi connectivity index (χ4n) is 3.37. The summed E-state index contributed by atoms with van der Waals surface area (Å²) in [5, 5.41) is 2.93. The number of amides is 1. The zero-order chi connectivity index (χ0) is 20.4. The second-order valence-corrected chi connectivity index (χ2v) is 7.33. The van der Waals surface area contributed by atoms with Crippen molar-refractivity contribution in [3.8, 4) is 11.3 Å². The van der Waals surface area contributed by atoms with Gasteiger partial charge < -0.3 is 9.13 Å². The van der Waals surface area contributed by atoms with Crippen LogP contribution < -0.4 is 5.32 Å². The summed E-state index contributed by atoms with van der Waals surface area (Å²) in [5.74, 6) is 0.360. The second-order valence-electron chi connectivity index (χ2n) is 7.33. The Morgan fingerprint density at radius 3 is 2.55 bits per heavy atom. The molecule has 0 aliphatic heterocycles. The molecule has 2 aromatic carbocycles. The summed E-state index contributed by atoms with van der Waals surface area (Å²) in [6.45, 7) is 4.92. The van der Waals surface area contributed by atoms with E-state index in [4.69, 9.17) is 0 Å². The van der Waals surface area contributed by atoms with Crippen LogP contribution in [-0.4, -0.2) is 20.0 Å². The topological polar surface area (TPSA) is 51.9 Å². The maximum absolute atomic E-state index is 12.8. The Hall–Kier alpha value is -3.60. The van der Waals surface area contributed by atoms with E-state index in [1.807, 2.05) is 60.4 Å². The number of carbonyl (C=O) groups excluding carboxylic acids is 1. The number of nitrogens with one attached hydrogen (secondary N) is 1. The Balaban J connectivity index is 1.53. The van der Waals surface area contributed by atoms with Crippen LogP contribution in [0.15, 0.2) is 73.2 Å². The third kappa shape index (κ3) is 3.99. The average molecular weight is 384 g/mol. The van der Waals surface area contributed by atoms with E-state index in [1.54, 1.807) is 6.20 Å². The maximum atomic E-state index is 12.8. The Labute approximate surface area is 170 Å². The third-order valence-corrected chi connectivity index (χ3v) is 5.24. The van der Waals surface area contributed by atoms with E-state index in [9.17, 15) is 4.79 Å². The molecule has 0 fully saturated rings. The highest BCUT2D eigenvalue weighted by atomic mass is 16.1. The van der Waals surface area contributed by atoms with Crippen molar-refractivity contribution in [2.24, 2.45) is 7.05 Å². The van der Waals surface area contributed by atoms with Gasteiger partial charge in [0.05, 0.1) is 11.9 Å². The van der Waals surface area contributed by atoms with Crippen molar-refractivity contribution >= 4 is 11.9 Å². The number of rotatable bonds is 5. The van der Waals surface area contributed by atoms with E-state index < -0.39 is 0 Å². The van der Waals surface area contributed by atoms with Gasteiger partial charge >= 0.3 is 0 Å². The number of hydrogen-bond donors (Lipinski definition) is 1. The zero-order valence-corrected chi connectivity index (χ0v) is 16.9. The molecule has 4 aromatic rings. The number of aromatic nitrogens is 3. The molecule has 0 aliphatic carbocycles. The molecule has 0 saturated carbocycles. The van der Waals surface area contributed by atoms with Gasteiger partial charge in [0.15, 0.2) is 0 Å². The Bertz CT molecular complexity index is 1160. The predicted octanol–water partition coefficient (Wildman–Crippen LogP) is 4.81.